The summed E-state index contributed by atoms with van der Waals surface area (Å²) in [5, 5.41) is 4.52. The van der Waals surface area contributed by atoms with Crippen LogP contribution in [-0.4, -0.2) is 39.4 Å². The fraction of sp³-hybridized carbons (Fsp3) is 0.556. The Balaban J connectivity index is 1.74. The van der Waals surface area contributed by atoms with Gasteiger partial charge < -0.3 is 4.74 Å². The lowest BCUT2D eigenvalue weighted by Gasteiger charge is -2.25. The maximum Gasteiger partial charge on any atom is 0.147 e. The molecule has 0 N–H and O–H groups in total. The van der Waals surface area contributed by atoms with Crippen LogP contribution in [0.2, 0.25) is 0 Å². The SMILES string of the molecule is COc1ccc(C)cc1CN1CCCC1Cn1nc(C)nc1C. The summed E-state index contributed by atoms with van der Waals surface area (Å²) in [5.74, 6) is 2.84. The molecule has 2 aromatic rings. The Hall–Kier alpha value is -1.88. The van der Waals surface area contributed by atoms with E-state index >= 15 is 0 Å². The molecule has 5 heteroatoms. The van der Waals surface area contributed by atoms with Crippen LogP contribution in [0.1, 0.15) is 35.6 Å². The highest BCUT2D eigenvalue weighted by molar-refractivity contribution is 5.36. The molecule has 0 spiro atoms. The zero-order valence-electron chi connectivity index (χ0n) is 14.5. The van der Waals surface area contributed by atoms with Crippen molar-refractivity contribution in [2.75, 3.05) is 13.7 Å². The van der Waals surface area contributed by atoms with E-state index in [-0.39, 0.29) is 0 Å². The summed E-state index contributed by atoms with van der Waals surface area (Å²) < 4.78 is 7.58. The molecule has 124 valence electrons. The van der Waals surface area contributed by atoms with Gasteiger partial charge in [-0.1, -0.05) is 17.7 Å². The number of hydrogen-bond acceptors (Lipinski definition) is 4. The van der Waals surface area contributed by atoms with Crippen molar-refractivity contribution in [1.29, 1.82) is 0 Å². The standard InChI is InChI=1S/C18H26N4O/c1-13-7-8-18(23-4)16(10-13)11-21-9-5-6-17(21)12-22-15(3)19-14(2)20-22/h7-8,10,17H,5-6,9,11-12H2,1-4H3. The van der Waals surface area contributed by atoms with E-state index in [1.54, 1.807) is 7.11 Å². The first-order valence-electron chi connectivity index (χ1n) is 8.32. The number of aromatic nitrogens is 3. The monoisotopic (exact) mass is 314 g/mol. The number of likely N-dealkylation sites (tertiary alicyclic amines) is 1. The molecule has 1 unspecified atom stereocenters. The number of nitrogens with zero attached hydrogens (tertiary/aromatic N) is 4. The predicted octanol–water partition coefficient (Wildman–Crippen LogP) is 2.88. The second kappa shape index (κ2) is 6.71. The lowest BCUT2D eigenvalue weighted by molar-refractivity contribution is 0.215. The zero-order chi connectivity index (χ0) is 16.4. The molecule has 0 bridgehead atoms. The minimum absolute atomic E-state index is 0.514. The van der Waals surface area contributed by atoms with Crippen molar-refractivity contribution < 1.29 is 4.74 Å². The van der Waals surface area contributed by atoms with E-state index in [1.807, 2.05) is 18.5 Å². The maximum absolute atomic E-state index is 5.53. The molecule has 0 aliphatic carbocycles. The van der Waals surface area contributed by atoms with E-state index in [9.17, 15) is 0 Å². The van der Waals surface area contributed by atoms with Gasteiger partial charge in [0.1, 0.15) is 17.4 Å². The van der Waals surface area contributed by atoms with Crippen LogP contribution in [0.3, 0.4) is 0 Å². The molecule has 1 saturated heterocycles. The fourth-order valence-electron chi connectivity index (χ4n) is 3.49. The fourth-order valence-corrected chi connectivity index (χ4v) is 3.49. The number of benzene rings is 1. The molecule has 1 aromatic carbocycles. The molecule has 0 saturated carbocycles. The molecular formula is C18H26N4O. The third-order valence-corrected chi connectivity index (χ3v) is 4.65. The Morgan fingerprint density at radius 1 is 1.26 bits per heavy atom. The molecule has 0 radical (unpaired) electrons. The number of aryl methyl sites for hydroxylation is 3. The van der Waals surface area contributed by atoms with Crippen LogP contribution in [0, 0.1) is 20.8 Å². The highest BCUT2D eigenvalue weighted by Crippen LogP contribution is 2.26. The van der Waals surface area contributed by atoms with Gasteiger partial charge in [-0.25, -0.2) is 9.67 Å². The Bertz CT molecular complexity index is 680. The van der Waals surface area contributed by atoms with Gasteiger partial charge in [-0.05, 0) is 46.2 Å². The third kappa shape index (κ3) is 3.55. The number of rotatable bonds is 5. The zero-order valence-corrected chi connectivity index (χ0v) is 14.5. The smallest absolute Gasteiger partial charge is 0.147 e. The van der Waals surface area contributed by atoms with Gasteiger partial charge in [-0.2, -0.15) is 5.10 Å². The van der Waals surface area contributed by atoms with Crippen molar-refractivity contribution in [2.45, 2.75) is 52.7 Å². The molecule has 1 atom stereocenters. The summed E-state index contributed by atoms with van der Waals surface area (Å²) in [5.41, 5.74) is 2.55. The van der Waals surface area contributed by atoms with Gasteiger partial charge >= 0.3 is 0 Å². The molecule has 3 rings (SSSR count). The van der Waals surface area contributed by atoms with Crippen LogP contribution in [0.4, 0.5) is 0 Å². The van der Waals surface area contributed by atoms with Gasteiger partial charge in [-0.15, -0.1) is 0 Å². The van der Waals surface area contributed by atoms with E-state index < -0.39 is 0 Å². The van der Waals surface area contributed by atoms with Gasteiger partial charge in [0.05, 0.1) is 13.7 Å². The van der Waals surface area contributed by atoms with Crippen LogP contribution in [0.15, 0.2) is 18.2 Å². The molecule has 5 nitrogen and oxygen atoms in total. The molecule has 0 amide bonds. The molecule has 1 aliphatic heterocycles. The lowest BCUT2D eigenvalue weighted by Crippen LogP contribution is -2.33. The minimum atomic E-state index is 0.514. The first-order valence-corrected chi connectivity index (χ1v) is 8.32. The maximum atomic E-state index is 5.53. The highest BCUT2D eigenvalue weighted by atomic mass is 16.5. The van der Waals surface area contributed by atoms with Crippen molar-refractivity contribution in [3.05, 3.63) is 41.0 Å². The normalized spacial score (nSPS) is 18.5. The van der Waals surface area contributed by atoms with Gasteiger partial charge in [0, 0.05) is 18.2 Å². The second-order valence-electron chi connectivity index (χ2n) is 6.47. The predicted molar refractivity (Wildman–Crippen MR) is 90.7 cm³/mol. The van der Waals surface area contributed by atoms with E-state index in [0.717, 1.165) is 37.0 Å². The summed E-state index contributed by atoms with van der Waals surface area (Å²) >= 11 is 0. The Kier molecular flexibility index (Phi) is 4.66. The molecule has 1 aromatic heterocycles. The molecular weight excluding hydrogens is 288 g/mol. The van der Waals surface area contributed by atoms with Crippen LogP contribution >= 0.6 is 0 Å². The van der Waals surface area contributed by atoms with Crippen LogP contribution in [0.5, 0.6) is 5.75 Å². The van der Waals surface area contributed by atoms with Gasteiger partial charge in [0.25, 0.3) is 0 Å². The van der Waals surface area contributed by atoms with E-state index in [0.29, 0.717) is 6.04 Å². The molecule has 1 fully saturated rings. The average Bonchev–Trinajstić information content (AvgIpc) is 3.06. The van der Waals surface area contributed by atoms with Crippen LogP contribution < -0.4 is 4.74 Å². The molecule has 23 heavy (non-hydrogen) atoms. The Morgan fingerprint density at radius 3 is 2.78 bits per heavy atom. The van der Waals surface area contributed by atoms with Crippen molar-refractivity contribution in [3.8, 4) is 5.75 Å². The van der Waals surface area contributed by atoms with Crippen molar-refractivity contribution in [2.24, 2.45) is 0 Å². The van der Waals surface area contributed by atoms with Crippen molar-refractivity contribution in [3.63, 3.8) is 0 Å². The molecule has 1 aliphatic rings. The third-order valence-electron chi connectivity index (χ3n) is 4.65. The Labute approximate surface area is 138 Å². The quantitative estimate of drug-likeness (QED) is 0.851. The number of ether oxygens (including phenoxy) is 1. The van der Waals surface area contributed by atoms with Crippen LogP contribution in [0.25, 0.3) is 0 Å². The van der Waals surface area contributed by atoms with E-state index in [4.69, 9.17) is 4.74 Å². The first-order chi connectivity index (χ1) is 11.1. The van der Waals surface area contributed by atoms with Crippen molar-refractivity contribution >= 4 is 0 Å². The second-order valence-corrected chi connectivity index (χ2v) is 6.47. The summed E-state index contributed by atoms with van der Waals surface area (Å²) in [6, 6.07) is 6.92. The van der Waals surface area contributed by atoms with Crippen molar-refractivity contribution in [1.82, 2.24) is 19.7 Å². The lowest BCUT2D eigenvalue weighted by atomic mass is 10.1. The molecule has 2 heterocycles. The number of hydrogen-bond donors (Lipinski definition) is 0. The van der Waals surface area contributed by atoms with E-state index in [2.05, 4.69) is 40.1 Å². The largest absolute Gasteiger partial charge is 0.496 e. The average molecular weight is 314 g/mol. The summed E-state index contributed by atoms with van der Waals surface area (Å²) in [4.78, 5) is 6.96. The summed E-state index contributed by atoms with van der Waals surface area (Å²) in [6.45, 7) is 9.10. The topological polar surface area (TPSA) is 43.2 Å². The highest BCUT2D eigenvalue weighted by Gasteiger charge is 2.26. The summed E-state index contributed by atoms with van der Waals surface area (Å²) in [6.07, 6.45) is 2.46. The Morgan fingerprint density at radius 2 is 2.09 bits per heavy atom. The van der Waals surface area contributed by atoms with Gasteiger partial charge in [-0.3, -0.25) is 4.90 Å². The van der Waals surface area contributed by atoms with Gasteiger partial charge in [0.15, 0.2) is 0 Å². The minimum Gasteiger partial charge on any atom is -0.496 e. The summed E-state index contributed by atoms with van der Waals surface area (Å²) in [7, 11) is 1.75. The number of methoxy groups -OCH3 is 1. The first kappa shape index (κ1) is 16.0. The van der Waals surface area contributed by atoms with Crippen LogP contribution in [-0.2, 0) is 13.1 Å². The van der Waals surface area contributed by atoms with E-state index in [1.165, 1.54) is 24.0 Å². The van der Waals surface area contributed by atoms with Gasteiger partial charge in [0.2, 0.25) is 0 Å².